The first-order valence-electron chi connectivity index (χ1n) is 11.6. The number of amides is 2. The SMILES string of the molecule is CC(C)CN(CC(=O)N1CCc2sccc2C1COc1ccc(F)cc1)C(=O)c1cccc(F)c1. The van der Waals surface area contributed by atoms with Crippen molar-refractivity contribution in [2.75, 3.05) is 26.2 Å². The Balaban J connectivity index is 1.53. The number of benzene rings is 2. The summed E-state index contributed by atoms with van der Waals surface area (Å²) in [5.41, 5.74) is 1.25. The Morgan fingerprint density at radius 3 is 2.60 bits per heavy atom. The van der Waals surface area contributed by atoms with E-state index < -0.39 is 5.82 Å². The summed E-state index contributed by atoms with van der Waals surface area (Å²) in [4.78, 5) is 31.2. The predicted octanol–water partition coefficient (Wildman–Crippen LogP) is 5.33. The molecule has 4 rings (SSSR count). The van der Waals surface area contributed by atoms with Gasteiger partial charge in [-0.2, -0.15) is 0 Å². The third kappa shape index (κ3) is 6.06. The van der Waals surface area contributed by atoms with E-state index in [1.54, 1.807) is 34.4 Å². The quantitative estimate of drug-likeness (QED) is 0.422. The van der Waals surface area contributed by atoms with E-state index in [1.165, 1.54) is 40.1 Å². The van der Waals surface area contributed by atoms with E-state index in [4.69, 9.17) is 4.74 Å². The number of carbonyl (C=O) groups is 2. The molecule has 2 heterocycles. The standard InChI is InChI=1S/C27H28F2N2O3S/c1-18(2)15-30(27(33)19-4-3-5-21(29)14-19)16-26(32)31-12-10-25-23(11-13-35-25)24(31)17-34-22-8-6-20(28)7-9-22/h3-9,11,13-14,18,24H,10,12,15-17H2,1-2H3. The molecule has 2 aromatic carbocycles. The van der Waals surface area contributed by atoms with Crippen molar-refractivity contribution in [3.63, 3.8) is 0 Å². The molecule has 3 aromatic rings. The van der Waals surface area contributed by atoms with E-state index in [0.717, 1.165) is 12.0 Å². The number of ether oxygens (including phenoxy) is 1. The highest BCUT2D eigenvalue weighted by Crippen LogP contribution is 2.34. The molecule has 0 radical (unpaired) electrons. The van der Waals surface area contributed by atoms with Crippen LogP contribution in [0.5, 0.6) is 5.75 Å². The zero-order chi connectivity index (χ0) is 24.9. The maximum absolute atomic E-state index is 13.7. The van der Waals surface area contributed by atoms with Crippen LogP contribution < -0.4 is 4.74 Å². The zero-order valence-corrected chi connectivity index (χ0v) is 20.6. The van der Waals surface area contributed by atoms with Crippen LogP contribution in [0.4, 0.5) is 8.78 Å². The second-order valence-corrected chi connectivity index (χ2v) is 10.0. The average Bonchev–Trinajstić information content (AvgIpc) is 3.31. The minimum Gasteiger partial charge on any atom is -0.491 e. The average molecular weight is 499 g/mol. The molecule has 8 heteroatoms. The predicted molar refractivity (Wildman–Crippen MR) is 132 cm³/mol. The minimum absolute atomic E-state index is 0.111. The summed E-state index contributed by atoms with van der Waals surface area (Å²) in [6.45, 7) is 4.91. The van der Waals surface area contributed by atoms with Crippen LogP contribution in [0.1, 0.15) is 40.7 Å². The maximum atomic E-state index is 13.7. The summed E-state index contributed by atoms with van der Waals surface area (Å²) in [6.07, 6.45) is 0.730. The van der Waals surface area contributed by atoms with E-state index in [9.17, 15) is 18.4 Å². The molecule has 0 saturated carbocycles. The van der Waals surface area contributed by atoms with Crippen molar-refractivity contribution in [1.29, 1.82) is 0 Å². The van der Waals surface area contributed by atoms with Gasteiger partial charge in [0.25, 0.3) is 5.91 Å². The second kappa shape index (κ2) is 11.0. The lowest BCUT2D eigenvalue weighted by Gasteiger charge is -2.37. The fraction of sp³-hybridized carbons (Fsp3) is 0.333. The number of thiophene rings is 1. The molecule has 1 unspecified atom stereocenters. The summed E-state index contributed by atoms with van der Waals surface area (Å²) < 4.78 is 32.9. The summed E-state index contributed by atoms with van der Waals surface area (Å²) in [5.74, 6) is -0.767. The lowest BCUT2D eigenvalue weighted by molar-refractivity contribution is -0.135. The summed E-state index contributed by atoms with van der Waals surface area (Å²) in [7, 11) is 0. The lowest BCUT2D eigenvalue weighted by Crippen LogP contribution is -2.48. The normalized spacial score (nSPS) is 15.1. The van der Waals surface area contributed by atoms with Crippen LogP contribution in [-0.4, -0.2) is 47.9 Å². The Kier molecular flexibility index (Phi) is 7.80. The molecule has 1 atom stereocenters. The summed E-state index contributed by atoms with van der Waals surface area (Å²) in [6, 6.07) is 13.0. The van der Waals surface area contributed by atoms with Crippen LogP contribution in [0, 0.1) is 17.6 Å². The molecular weight excluding hydrogens is 470 g/mol. The first-order chi connectivity index (χ1) is 16.8. The van der Waals surface area contributed by atoms with Gasteiger partial charge in [-0.25, -0.2) is 8.78 Å². The Morgan fingerprint density at radius 2 is 1.89 bits per heavy atom. The van der Waals surface area contributed by atoms with E-state index in [2.05, 4.69) is 0 Å². The number of halogens is 2. The number of nitrogens with zero attached hydrogens (tertiary/aromatic N) is 2. The Hall–Kier alpha value is -3.26. The Labute approximate surface area is 207 Å². The molecular formula is C27H28F2N2O3S. The second-order valence-electron chi connectivity index (χ2n) is 9.01. The van der Waals surface area contributed by atoms with Crippen molar-refractivity contribution in [2.24, 2.45) is 5.92 Å². The molecule has 0 fully saturated rings. The number of rotatable bonds is 8. The molecule has 0 spiro atoms. The molecule has 0 N–H and O–H groups in total. The van der Waals surface area contributed by atoms with Gasteiger partial charge in [-0.1, -0.05) is 19.9 Å². The minimum atomic E-state index is -0.495. The van der Waals surface area contributed by atoms with Gasteiger partial charge < -0.3 is 14.5 Å². The first-order valence-corrected chi connectivity index (χ1v) is 12.5. The fourth-order valence-corrected chi connectivity index (χ4v) is 5.23. The number of hydrogen-bond donors (Lipinski definition) is 0. The topological polar surface area (TPSA) is 49.9 Å². The van der Waals surface area contributed by atoms with Gasteiger partial charge in [-0.05, 0) is 71.8 Å². The highest BCUT2D eigenvalue weighted by atomic mass is 32.1. The van der Waals surface area contributed by atoms with Crippen molar-refractivity contribution in [3.05, 3.63) is 87.6 Å². The van der Waals surface area contributed by atoms with Crippen LogP contribution in [0.2, 0.25) is 0 Å². The monoisotopic (exact) mass is 498 g/mol. The van der Waals surface area contributed by atoms with Crippen molar-refractivity contribution in [2.45, 2.75) is 26.3 Å². The molecule has 2 amide bonds. The van der Waals surface area contributed by atoms with Gasteiger partial charge in [-0.15, -0.1) is 11.3 Å². The smallest absolute Gasteiger partial charge is 0.254 e. The van der Waals surface area contributed by atoms with Gasteiger partial charge in [-0.3, -0.25) is 9.59 Å². The van der Waals surface area contributed by atoms with Crippen LogP contribution in [0.25, 0.3) is 0 Å². The van der Waals surface area contributed by atoms with E-state index in [0.29, 0.717) is 18.8 Å². The van der Waals surface area contributed by atoms with Crippen molar-refractivity contribution in [3.8, 4) is 5.75 Å². The number of hydrogen-bond acceptors (Lipinski definition) is 4. The molecule has 0 aliphatic carbocycles. The van der Waals surface area contributed by atoms with Crippen LogP contribution in [0.15, 0.2) is 60.0 Å². The van der Waals surface area contributed by atoms with E-state index in [1.807, 2.05) is 25.3 Å². The molecule has 35 heavy (non-hydrogen) atoms. The van der Waals surface area contributed by atoms with Gasteiger partial charge >= 0.3 is 0 Å². The molecule has 184 valence electrons. The molecule has 1 aliphatic heterocycles. The molecule has 0 bridgehead atoms. The highest BCUT2D eigenvalue weighted by Gasteiger charge is 2.33. The van der Waals surface area contributed by atoms with E-state index >= 15 is 0 Å². The number of carbonyl (C=O) groups excluding carboxylic acids is 2. The summed E-state index contributed by atoms with van der Waals surface area (Å²) >= 11 is 1.65. The Bertz CT molecular complexity index is 1180. The third-order valence-corrected chi connectivity index (χ3v) is 6.90. The van der Waals surface area contributed by atoms with Gasteiger partial charge in [0.2, 0.25) is 5.91 Å². The molecule has 0 saturated heterocycles. The van der Waals surface area contributed by atoms with Crippen LogP contribution in [-0.2, 0) is 11.2 Å². The number of fused-ring (bicyclic) bond motifs is 1. The van der Waals surface area contributed by atoms with Crippen molar-refractivity contribution in [1.82, 2.24) is 9.80 Å². The molecule has 5 nitrogen and oxygen atoms in total. The Morgan fingerprint density at radius 1 is 1.11 bits per heavy atom. The van der Waals surface area contributed by atoms with E-state index in [-0.39, 0.29) is 48.3 Å². The zero-order valence-electron chi connectivity index (χ0n) is 19.7. The molecule has 1 aliphatic rings. The largest absolute Gasteiger partial charge is 0.491 e. The van der Waals surface area contributed by atoms with Crippen LogP contribution in [0.3, 0.4) is 0 Å². The highest BCUT2D eigenvalue weighted by molar-refractivity contribution is 7.10. The van der Waals surface area contributed by atoms with Gasteiger partial charge in [0.15, 0.2) is 0 Å². The summed E-state index contributed by atoms with van der Waals surface area (Å²) in [5, 5.41) is 2.00. The fourth-order valence-electron chi connectivity index (χ4n) is 4.30. The van der Waals surface area contributed by atoms with Gasteiger partial charge in [0, 0.05) is 23.5 Å². The van der Waals surface area contributed by atoms with Gasteiger partial charge in [0.05, 0.1) is 6.04 Å². The molecule has 1 aromatic heterocycles. The van der Waals surface area contributed by atoms with Crippen LogP contribution >= 0.6 is 11.3 Å². The first kappa shape index (κ1) is 24.9. The van der Waals surface area contributed by atoms with Gasteiger partial charge in [0.1, 0.15) is 30.5 Å². The van der Waals surface area contributed by atoms with Crippen molar-refractivity contribution >= 4 is 23.2 Å². The lowest BCUT2D eigenvalue weighted by atomic mass is 10.00. The third-order valence-electron chi connectivity index (χ3n) is 5.91. The van der Waals surface area contributed by atoms with Crippen molar-refractivity contribution < 1.29 is 23.1 Å². The maximum Gasteiger partial charge on any atom is 0.254 e.